The summed E-state index contributed by atoms with van der Waals surface area (Å²) in [6.45, 7) is 6.49. The van der Waals surface area contributed by atoms with Crippen molar-refractivity contribution in [3.8, 4) is 0 Å². The van der Waals surface area contributed by atoms with Crippen molar-refractivity contribution in [3.05, 3.63) is 28.8 Å². The molecule has 0 fully saturated rings. The number of halogens is 1. The highest BCUT2D eigenvalue weighted by Crippen LogP contribution is 2.28. The Morgan fingerprint density at radius 1 is 1.47 bits per heavy atom. The molecular formula is C13H21ClN2O. The maximum atomic E-state index is 6.29. The van der Waals surface area contributed by atoms with E-state index < -0.39 is 0 Å². The Morgan fingerprint density at radius 2 is 2.18 bits per heavy atom. The van der Waals surface area contributed by atoms with E-state index in [1.807, 2.05) is 25.1 Å². The molecule has 1 atom stereocenters. The Labute approximate surface area is 109 Å². The molecule has 0 spiro atoms. The number of likely N-dealkylation sites (N-methyl/N-ethyl adjacent to an activating group) is 1. The zero-order chi connectivity index (χ0) is 12.8. The molecule has 0 heterocycles. The number of ether oxygens (including phenoxy) is 1. The van der Waals surface area contributed by atoms with Crippen LogP contribution < -0.4 is 10.6 Å². The number of nitrogens with two attached hydrogens (primary N) is 1. The molecule has 0 saturated heterocycles. The maximum absolute atomic E-state index is 6.29. The van der Waals surface area contributed by atoms with E-state index in [2.05, 4.69) is 11.8 Å². The number of anilines is 1. The van der Waals surface area contributed by atoms with Crippen molar-refractivity contribution in [2.45, 2.75) is 19.9 Å². The zero-order valence-corrected chi connectivity index (χ0v) is 11.5. The lowest BCUT2D eigenvalue weighted by molar-refractivity contribution is 0.205. The summed E-state index contributed by atoms with van der Waals surface area (Å²) < 4.78 is 5.09. The number of hydrogen-bond donors (Lipinski definition) is 1. The van der Waals surface area contributed by atoms with E-state index in [-0.39, 0.29) is 6.04 Å². The first-order valence-electron chi connectivity index (χ1n) is 5.89. The molecule has 17 heavy (non-hydrogen) atoms. The molecule has 1 aromatic rings. The van der Waals surface area contributed by atoms with E-state index in [4.69, 9.17) is 22.1 Å². The second-order valence-electron chi connectivity index (χ2n) is 4.07. The van der Waals surface area contributed by atoms with Gasteiger partial charge in [-0.25, -0.2) is 0 Å². The van der Waals surface area contributed by atoms with Crippen LogP contribution in [0.25, 0.3) is 0 Å². The van der Waals surface area contributed by atoms with Gasteiger partial charge in [-0.3, -0.25) is 0 Å². The highest BCUT2D eigenvalue weighted by atomic mass is 35.5. The molecular weight excluding hydrogens is 236 g/mol. The van der Waals surface area contributed by atoms with Gasteiger partial charge in [0.1, 0.15) is 0 Å². The van der Waals surface area contributed by atoms with Gasteiger partial charge in [0.05, 0.1) is 17.3 Å². The molecule has 0 bridgehead atoms. The standard InChI is InChI=1S/C13H21ClN2O/c1-4-16(7-8-17-3)13-6-5-11(10(2)15)9-12(13)14/h5-6,9-10H,4,7-8,15H2,1-3H3. The third kappa shape index (κ3) is 3.87. The van der Waals surface area contributed by atoms with Crippen molar-refractivity contribution >= 4 is 17.3 Å². The van der Waals surface area contributed by atoms with Gasteiger partial charge in [-0.15, -0.1) is 0 Å². The smallest absolute Gasteiger partial charge is 0.0642 e. The third-order valence-electron chi connectivity index (χ3n) is 2.79. The highest BCUT2D eigenvalue weighted by Gasteiger charge is 2.10. The molecule has 1 unspecified atom stereocenters. The Kier molecular flexibility index (Phi) is 5.75. The molecule has 0 aliphatic carbocycles. The first-order chi connectivity index (χ1) is 8.10. The van der Waals surface area contributed by atoms with Gasteiger partial charge in [0.2, 0.25) is 0 Å². The first-order valence-corrected chi connectivity index (χ1v) is 6.26. The highest BCUT2D eigenvalue weighted by molar-refractivity contribution is 6.33. The summed E-state index contributed by atoms with van der Waals surface area (Å²) in [7, 11) is 1.70. The van der Waals surface area contributed by atoms with Gasteiger partial charge < -0.3 is 15.4 Å². The summed E-state index contributed by atoms with van der Waals surface area (Å²) >= 11 is 6.29. The van der Waals surface area contributed by atoms with E-state index in [9.17, 15) is 0 Å². The first kappa shape index (κ1) is 14.3. The van der Waals surface area contributed by atoms with Crippen molar-refractivity contribution < 1.29 is 4.74 Å². The van der Waals surface area contributed by atoms with Gasteiger partial charge in [0.15, 0.2) is 0 Å². The van der Waals surface area contributed by atoms with E-state index in [1.165, 1.54) is 0 Å². The maximum Gasteiger partial charge on any atom is 0.0642 e. The van der Waals surface area contributed by atoms with Crippen LogP contribution in [0.5, 0.6) is 0 Å². The van der Waals surface area contributed by atoms with Gasteiger partial charge in [-0.2, -0.15) is 0 Å². The third-order valence-corrected chi connectivity index (χ3v) is 3.09. The number of benzene rings is 1. The topological polar surface area (TPSA) is 38.5 Å². The largest absolute Gasteiger partial charge is 0.383 e. The molecule has 1 rings (SSSR count). The molecule has 0 saturated carbocycles. The van der Waals surface area contributed by atoms with Crippen LogP contribution in [0.3, 0.4) is 0 Å². The summed E-state index contributed by atoms with van der Waals surface area (Å²) in [4.78, 5) is 2.19. The molecule has 4 heteroatoms. The second-order valence-corrected chi connectivity index (χ2v) is 4.48. The average molecular weight is 257 g/mol. The summed E-state index contributed by atoms with van der Waals surface area (Å²) in [5.74, 6) is 0. The van der Waals surface area contributed by atoms with Gasteiger partial charge >= 0.3 is 0 Å². The number of rotatable bonds is 6. The van der Waals surface area contributed by atoms with Crippen LogP contribution in [-0.4, -0.2) is 26.8 Å². The molecule has 0 aliphatic rings. The fourth-order valence-electron chi connectivity index (χ4n) is 1.71. The van der Waals surface area contributed by atoms with Crippen molar-refractivity contribution in [2.24, 2.45) is 5.73 Å². The number of methoxy groups -OCH3 is 1. The van der Waals surface area contributed by atoms with Crippen LogP contribution in [0.1, 0.15) is 25.5 Å². The fourth-order valence-corrected chi connectivity index (χ4v) is 2.02. The van der Waals surface area contributed by atoms with Gasteiger partial charge in [-0.05, 0) is 31.5 Å². The molecule has 1 aromatic carbocycles. The van der Waals surface area contributed by atoms with Crippen molar-refractivity contribution in [2.75, 3.05) is 31.7 Å². The van der Waals surface area contributed by atoms with Gasteiger partial charge in [-0.1, -0.05) is 17.7 Å². The average Bonchev–Trinajstić information content (AvgIpc) is 2.31. The van der Waals surface area contributed by atoms with E-state index in [0.717, 1.165) is 29.4 Å². The van der Waals surface area contributed by atoms with E-state index in [0.29, 0.717) is 6.61 Å². The molecule has 0 aromatic heterocycles. The Bertz CT molecular complexity index is 355. The molecule has 0 amide bonds. The quantitative estimate of drug-likeness (QED) is 0.851. The van der Waals surface area contributed by atoms with Crippen LogP contribution in [0, 0.1) is 0 Å². The molecule has 0 aliphatic heterocycles. The fraction of sp³-hybridized carbons (Fsp3) is 0.538. The summed E-state index contributed by atoms with van der Waals surface area (Å²) in [5, 5.41) is 0.748. The van der Waals surface area contributed by atoms with Crippen LogP contribution >= 0.6 is 11.6 Å². The van der Waals surface area contributed by atoms with E-state index in [1.54, 1.807) is 7.11 Å². The van der Waals surface area contributed by atoms with Crippen LogP contribution in [0.2, 0.25) is 5.02 Å². The predicted molar refractivity (Wildman–Crippen MR) is 73.8 cm³/mol. The SMILES string of the molecule is CCN(CCOC)c1ccc(C(C)N)cc1Cl. The van der Waals surface area contributed by atoms with Crippen LogP contribution in [-0.2, 0) is 4.74 Å². The molecule has 96 valence electrons. The van der Waals surface area contributed by atoms with Crippen molar-refractivity contribution in [1.82, 2.24) is 0 Å². The molecule has 3 nitrogen and oxygen atoms in total. The summed E-state index contributed by atoms with van der Waals surface area (Å²) in [5.41, 5.74) is 7.92. The van der Waals surface area contributed by atoms with Gasteiger partial charge in [0, 0.05) is 26.2 Å². The van der Waals surface area contributed by atoms with Gasteiger partial charge in [0.25, 0.3) is 0 Å². The molecule has 0 radical (unpaired) electrons. The zero-order valence-electron chi connectivity index (χ0n) is 10.7. The minimum atomic E-state index is 0.00982. The minimum absolute atomic E-state index is 0.00982. The summed E-state index contributed by atoms with van der Waals surface area (Å²) in [6.07, 6.45) is 0. The lowest BCUT2D eigenvalue weighted by Gasteiger charge is -2.24. The number of hydrogen-bond acceptors (Lipinski definition) is 3. The van der Waals surface area contributed by atoms with Crippen LogP contribution in [0.15, 0.2) is 18.2 Å². The Hall–Kier alpha value is -0.770. The molecule has 2 N–H and O–H groups in total. The normalized spacial score (nSPS) is 12.5. The lowest BCUT2D eigenvalue weighted by atomic mass is 10.1. The van der Waals surface area contributed by atoms with Crippen molar-refractivity contribution in [3.63, 3.8) is 0 Å². The number of nitrogens with zero attached hydrogens (tertiary/aromatic N) is 1. The Morgan fingerprint density at radius 3 is 2.65 bits per heavy atom. The minimum Gasteiger partial charge on any atom is -0.383 e. The van der Waals surface area contributed by atoms with E-state index >= 15 is 0 Å². The summed E-state index contributed by atoms with van der Waals surface area (Å²) in [6, 6.07) is 6.01. The Balaban J connectivity index is 2.88. The second kappa shape index (κ2) is 6.84. The van der Waals surface area contributed by atoms with Crippen molar-refractivity contribution in [1.29, 1.82) is 0 Å². The van der Waals surface area contributed by atoms with Crippen LogP contribution in [0.4, 0.5) is 5.69 Å². The lowest BCUT2D eigenvalue weighted by Crippen LogP contribution is -2.27. The predicted octanol–water partition coefficient (Wildman–Crippen LogP) is 2.83. The monoisotopic (exact) mass is 256 g/mol.